The van der Waals surface area contributed by atoms with Crippen molar-refractivity contribution in [3.05, 3.63) is 34.9 Å². The highest BCUT2D eigenvalue weighted by molar-refractivity contribution is 6.30. The number of ether oxygens (including phenoxy) is 1. The maximum atomic E-state index is 10.6. The molecule has 1 N–H and O–H groups in total. The molecule has 142 valence electrons. The molecule has 4 nitrogen and oxygen atoms in total. The average Bonchev–Trinajstić information content (AvgIpc) is 2.55. The Bertz CT molecular complexity index is 521. The average molecular weight is 382 g/mol. The molecule has 0 aliphatic carbocycles. The normalized spacial score (nSPS) is 18.4. The Morgan fingerprint density at radius 3 is 2.48 bits per heavy atom. The zero-order valence-electron chi connectivity index (χ0n) is 14.1. The molecular weight excluding hydrogens is 359 g/mol. The first-order valence-electron chi connectivity index (χ1n) is 7.98. The van der Waals surface area contributed by atoms with Gasteiger partial charge >= 0.3 is 12.1 Å². The second-order valence-electron chi connectivity index (χ2n) is 5.94. The van der Waals surface area contributed by atoms with Gasteiger partial charge in [-0.1, -0.05) is 23.7 Å². The number of carboxylic acids is 1. The largest absolute Gasteiger partial charge is 0.490 e. The Hall–Kier alpha value is -1.31. The number of benzene rings is 1. The van der Waals surface area contributed by atoms with Crippen LogP contribution in [0.1, 0.15) is 18.4 Å². The summed E-state index contributed by atoms with van der Waals surface area (Å²) < 4.78 is 37.0. The summed E-state index contributed by atoms with van der Waals surface area (Å²) in [7, 11) is 1.80. The lowest BCUT2D eigenvalue weighted by Gasteiger charge is -2.32. The summed E-state index contributed by atoms with van der Waals surface area (Å²) >= 11 is 5.89. The predicted octanol–water partition coefficient (Wildman–Crippen LogP) is 3.87. The molecule has 1 aliphatic rings. The van der Waals surface area contributed by atoms with Gasteiger partial charge in [0.05, 0.1) is 6.61 Å². The SMILES string of the molecule is COCC1CCCN(CCc2ccc(Cl)cc2)C1.O=C(O)C(F)(F)F. The third kappa shape index (κ3) is 9.09. The Morgan fingerprint density at radius 1 is 1.36 bits per heavy atom. The van der Waals surface area contributed by atoms with Crippen LogP contribution in [0.2, 0.25) is 5.02 Å². The minimum absolute atomic E-state index is 0.717. The Morgan fingerprint density at radius 2 is 1.96 bits per heavy atom. The van der Waals surface area contributed by atoms with Crippen LogP contribution in [0.3, 0.4) is 0 Å². The van der Waals surface area contributed by atoms with E-state index in [0.717, 1.165) is 24.6 Å². The molecule has 1 aromatic rings. The highest BCUT2D eigenvalue weighted by Gasteiger charge is 2.38. The highest BCUT2D eigenvalue weighted by atomic mass is 35.5. The molecule has 25 heavy (non-hydrogen) atoms. The smallest absolute Gasteiger partial charge is 0.475 e. The van der Waals surface area contributed by atoms with E-state index in [1.165, 1.54) is 31.5 Å². The summed E-state index contributed by atoms with van der Waals surface area (Å²) in [6.07, 6.45) is -1.36. The van der Waals surface area contributed by atoms with Gasteiger partial charge in [-0.05, 0) is 49.4 Å². The predicted molar refractivity (Wildman–Crippen MR) is 89.9 cm³/mol. The maximum absolute atomic E-state index is 10.6. The van der Waals surface area contributed by atoms with Crippen LogP contribution in [0.5, 0.6) is 0 Å². The first kappa shape index (κ1) is 21.7. The molecule has 1 saturated heterocycles. The summed E-state index contributed by atoms with van der Waals surface area (Å²) in [5.74, 6) is -2.04. The zero-order valence-corrected chi connectivity index (χ0v) is 14.8. The van der Waals surface area contributed by atoms with Crippen LogP contribution >= 0.6 is 11.6 Å². The van der Waals surface area contributed by atoms with Crippen molar-refractivity contribution in [1.29, 1.82) is 0 Å². The molecule has 1 fully saturated rings. The van der Waals surface area contributed by atoms with Gasteiger partial charge in [-0.2, -0.15) is 13.2 Å². The topological polar surface area (TPSA) is 49.8 Å². The fourth-order valence-electron chi connectivity index (χ4n) is 2.66. The van der Waals surface area contributed by atoms with E-state index in [2.05, 4.69) is 17.0 Å². The van der Waals surface area contributed by atoms with Crippen LogP contribution in [-0.4, -0.2) is 55.5 Å². The van der Waals surface area contributed by atoms with Gasteiger partial charge in [0.25, 0.3) is 0 Å². The second-order valence-corrected chi connectivity index (χ2v) is 6.38. The van der Waals surface area contributed by atoms with E-state index in [4.69, 9.17) is 26.2 Å². The molecule has 0 bridgehead atoms. The molecule has 0 spiro atoms. The summed E-state index contributed by atoms with van der Waals surface area (Å²) in [6, 6.07) is 8.19. The third-order valence-corrected chi connectivity index (χ3v) is 4.13. The Labute approximate surface area is 150 Å². The van der Waals surface area contributed by atoms with E-state index in [0.29, 0.717) is 5.92 Å². The van der Waals surface area contributed by atoms with Gasteiger partial charge in [0.15, 0.2) is 0 Å². The van der Waals surface area contributed by atoms with Crippen LogP contribution in [0.4, 0.5) is 13.2 Å². The van der Waals surface area contributed by atoms with E-state index in [9.17, 15) is 13.2 Å². The molecule has 8 heteroatoms. The van der Waals surface area contributed by atoms with E-state index in [1.807, 2.05) is 12.1 Å². The van der Waals surface area contributed by atoms with E-state index >= 15 is 0 Å². The number of carboxylic acid groups (broad SMARTS) is 1. The first-order valence-corrected chi connectivity index (χ1v) is 8.36. The lowest BCUT2D eigenvalue weighted by molar-refractivity contribution is -0.192. The summed E-state index contributed by atoms with van der Waals surface area (Å²) in [5.41, 5.74) is 1.37. The van der Waals surface area contributed by atoms with Crippen molar-refractivity contribution < 1.29 is 27.8 Å². The van der Waals surface area contributed by atoms with Crippen molar-refractivity contribution in [3.63, 3.8) is 0 Å². The van der Waals surface area contributed by atoms with E-state index < -0.39 is 12.1 Å². The molecular formula is C17H23ClF3NO3. The molecule has 2 rings (SSSR count). The molecule has 0 amide bonds. The van der Waals surface area contributed by atoms with Gasteiger partial charge in [-0.3, -0.25) is 0 Å². The van der Waals surface area contributed by atoms with Gasteiger partial charge < -0.3 is 14.7 Å². The third-order valence-electron chi connectivity index (χ3n) is 3.88. The van der Waals surface area contributed by atoms with Crippen molar-refractivity contribution >= 4 is 17.6 Å². The molecule has 0 aromatic heterocycles. The standard InChI is InChI=1S/C15H22ClNO.C2HF3O2/c1-18-12-14-3-2-9-17(11-14)10-8-13-4-6-15(16)7-5-13;3-2(4,5)1(6)7/h4-7,14H,2-3,8-12H2,1H3;(H,6,7). The van der Waals surface area contributed by atoms with Crippen LogP contribution in [0, 0.1) is 5.92 Å². The van der Waals surface area contributed by atoms with Gasteiger partial charge in [-0.25, -0.2) is 4.79 Å². The molecule has 1 aliphatic heterocycles. The number of hydrogen-bond donors (Lipinski definition) is 1. The van der Waals surface area contributed by atoms with Crippen LogP contribution in [0.25, 0.3) is 0 Å². The first-order chi connectivity index (χ1) is 11.7. The fraction of sp³-hybridized carbons (Fsp3) is 0.588. The molecule has 1 atom stereocenters. The van der Waals surface area contributed by atoms with Gasteiger partial charge in [0, 0.05) is 25.2 Å². The number of carbonyl (C=O) groups is 1. The lowest BCUT2D eigenvalue weighted by atomic mass is 9.98. The van der Waals surface area contributed by atoms with Gasteiger partial charge in [0.2, 0.25) is 0 Å². The maximum Gasteiger partial charge on any atom is 0.490 e. The lowest BCUT2D eigenvalue weighted by Crippen LogP contribution is -2.38. The number of nitrogens with zero attached hydrogens (tertiary/aromatic N) is 1. The van der Waals surface area contributed by atoms with Gasteiger partial charge in [-0.15, -0.1) is 0 Å². The van der Waals surface area contributed by atoms with Crippen molar-refractivity contribution in [2.45, 2.75) is 25.4 Å². The minimum Gasteiger partial charge on any atom is -0.475 e. The number of halogens is 4. The zero-order chi connectivity index (χ0) is 18.9. The van der Waals surface area contributed by atoms with Crippen molar-refractivity contribution in [2.24, 2.45) is 5.92 Å². The number of rotatable bonds is 5. The quantitative estimate of drug-likeness (QED) is 0.841. The summed E-state index contributed by atoms with van der Waals surface area (Å²) in [6.45, 7) is 4.45. The molecule has 1 unspecified atom stereocenters. The number of aliphatic carboxylic acids is 1. The second kappa shape index (κ2) is 10.6. The highest BCUT2D eigenvalue weighted by Crippen LogP contribution is 2.17. The number of piperidine rings is 1. The van der Waals surface area contributed by atoms with Gasteiger partial charge in [0.1, 0.15) is 0 Å². The molecule has 1 heterocycles. The van der Waals surface area contributed by atoms with Crippen molar-refractivity contribution in [1.82, 2.24) is 4.90 Å². The van der Waals surface area contributed by atoms with Crippen molar-refractivity contribution in [3.8, 4) is 0 Å². The molecule has 0 radical (unpaired) electrons. The number of likely N-dealkylation sites (tertiary alicyclic amines) is 1. The Kier molecular flexibility index (Phi) is 9.24. The number of hydrogen-bond acceptors (Lipinski definition) is 3. The van der Waals surface area contributed by atoms with E-state index in [1.54, 1.807) is 7.11 Å². The summed E-state index contributed by atoms with van der Waals surface area (Å²) in [4.78, 5) is 11.5. The number of alkyl halides is 3. The minimum atomic E-state index is -5.08. The summed E-state index contributed by atoms with van der Waals surface area (Å²) in [5, 5.41) is 7.94. The van der Waals surface area contributed by atoms with Crippen LogP contribution in [0.15, 0.2) is 24.3 Å². The number of methoxy groups -OCH3 is 1. The Balaban J connectivity index is 0.000000381. The fourth-order valence-corrected chi connectivity index (χ4v) is 2.79. The van der Waals surface area contributed by atoms with Crippen LogP contribution < -0.4 is 0 Å². The van der Waals surface area contributed by atoms with Crippen LogP contribution in [-0.2, 0) is 16.0 Å². The molecule has 0 saturated carbocycles. The van der Waals surface area contributed by atoms with Crippen molar-refractivity contribution in [2.75, 3.05) is 33.4 Å². The monoisotopic (exact) mass is 381 g/mol. The molecule has 1 aromatic carbocycles. The van der Waals surface area contributed by atoms with E-state index in [-0.39, 0.29) is 0 Å².